The zero-order chi connectivity index (χ0) is 15.3. The smallest absolute Gasteiger partial charge is 0.341 e. The predicted molar refractivity (Wildman–Crippen MR) is 76.5 cm³/mol. The molecule has 0 heterocycles. The van der Waals surface area contributed by atoms with E-state index in [4.69, 9.17) is 8.92 Å². The van der Waals surface area contributed by atoms with Crippen molar-refractivity contribution in [2.24, 2.45) is 0 Å². The fourth-order valence-corrected chi connectivity index (χ4v) is 2.26. The molecule has 1 atom stereocenters. The van der Waals surface area contributed by atoms with E-state index in [-0.39, 0.29) is 6.61 Å². The summed E-state index contributed by atoms with van der Waals surface area (Å²) in [5.74, 6) is -0.744. The van der Waals surface area contributed by atoms with Crippen molar-refractivity contribution >= 4 is 21.7 Å². The van der Waals surface area contributed by atoms with Gasteiger partial charge in [0.05, 0.1) is 12.9 Å². The molecule has 5 nitrogen and oxygen atoms in total. The first-order valence-electron chi connectivity index (χ1n) is 6.06. The van der Waals surface area contributed by atoms with Gasteiger partial charge in [0, 0.05) is 5.56 Å². The number of benzene rings is 1. The topological polar surface area (TPSA) is 69.7 Å². The van der Waals surface area contributed by atoms with Crippen LogP contribution in [0.4, 0.5) is 0 Å². The maximum Gasteiger partial charge on any atom is 0.341 e. The molecule has 0 aliphatic heterocycles. The van der Waals surface area contributed by atoms with E-state index in [1.54, 1.807) is 38.1 Å². The number of ether oxygens (including phenoxy) is 1. The van der Waals surface area contributed by atoms with Crippen LogP contribution in [-0.2, 0) is 23.8 Å². The van der Waals surface area contributed by atoms with Crippen LogP contribution in [0.1, 0.15) is 31.1 Å². The highest BCUT2D eigenvalue weighted by Crippen LogP contribution is 2.28. The van der Waals surface area contributed by atoms with Crippen LogP contribution in [-0.4, -0.2) is 27.2 Å². The van der Waals surface area contributed by atoms with Crippen LogP contribution in [0, 0.1) is 0 Å². The van der Waals surface area contributed by atoms with Gasteiger partial charge in [-0.1, -0.05) is 36.4 Å². The lowest BCUT2D eigenvalue weighted by atomic mass is 9.98. The van der Waals surface area contributed by atoms with Crippen LogP contribution >= 0.6 is 0 Å². The van der Waals surface area contributed by atoms with Crippen molar-refractivity contribution in [3.63, 3.8) is 0 Å². The van der Waals surface area contributed by atoms with Crippen LogP contribution in [0.3, 0.4) is 0 Å². The van der Waals surface area contributed by atoms with Gasteiger partial charge in [-0.2, -0.15) is 8.42 Å². The Hall–Kier alpha value is -1.66. The molecule has 110 valence electrons. The SMILES string of the molecule is C=C(C)c1ccccc1C(OS(C)(=O)=O)C(=O)OCC. The number of hydrogen-bond donors (Lipinski definition) is 0. The lowest BCUT2D eigenvalue weighted by Gasteiger charge is -2.18. The Morgan fingerprint density at radius 2 is 1.95 bits per heavy atom. The second-order valence-electron chi connectivity index (χ2n) is 4.30. The van der Waals surface area contributed by atoms with E-state index in [1.807, 2.05) is 0 Å². The van der Waals surface area contributed by atoms with Crippen molar-refractivity contribution < 1.29 is 22.1 Å². The molecule has 0 spiro atoms. The molecule has 1 unspecified atom stereocenters. The van der Waals surface area contributed by atoms with Gasteiger partial charge in [0.1, 0.15) is 0 Å². The number of hydrogen-bond acceptors (Lipinski definition) is 5. The summed E-state index contributed by atoms with van der Waals surface area (Å²) < 4.78 is 32.5. The molecule has 0 saturated carbocycles. The zero-order valence-electron chi connectivity index (χ0n) is 11.8. The van der Waals surface area contributed by atoms with Crippen molar-refractivity contribution in [1.82, 2.24) is 0 Å². The first kappa shape index (κ1) is 16.4. The number of carbonyl (C=O) groups is 1. The van der Waals surface area contributed by atoms with E-state index in [0.29, 0.717) is 16.7 Å². The van der Waals surface area contributed by atoms with Gasteiger partial charge < -0.3 is 4.74 Å². The average molecular weight is 298 g/mol. The van der Waals surface area contributed by atoms with E-state index in [9.17, 15) is 13.2 Å². The summed E-state index contributed by atoms with van der Waals surface area (Å²) in [6.07, 6.45) is -0.430. The second-order valence-corrected chi connectivity index (χ2v) is 5.90. The monoisotopic (exact) mass is 298 g/mol. The first-order chi connectivity index (χ1) is 9.26. The molecule has 0 fully saturated rings. The predicted octanol–water partition coefficient (Wildman–Crippen LogP) is 2.30. The summed E-state index contributed by atoms with van der Waals surface area (Å²) in [5.41, 5.74) is 1.78. The van der Waals surface area contributed by atoms with Crippen LogP contribution in [0.2, 0.25) is 0 Å². The quantitative estimate of drug-likeness (QED) is 0.595. The van der Waals surface area contributed by atoms with Gasteiger partial charge in [-0.25, -0.2) is 4.79 Å². The lowest BCUT2D eigenvalue weighted by molar-refractivity contribution is -0.151. The fourth-order valence-electron chi connectivity index (χ4n) is 1.73. The summed E-state index contributed by atoms with van der Waals surface area (Å²) >= 11 is 0. The highest BCUT2D eigenvalue weighted by molar-refractivity contribution is 7.86. The number of carbonyl (C=O) groups excluding carboxylic acids is 1. The van der Waals surface area contributed by atoms with E-state index in [1.165, 1.54) is 0 Å². The minimum absolute atomic E-state index is 0.137. The summed E-state index contributed by atoms with van der Waals surface area (Å²) in [7, 11) is -3.81. The van der Waals surface area contributed by atoms with Crippen LogP contribution in [0.5, 0.6) is 0 Å². The van der Waals surface area contributed by atoms with Crippen molar-refractivity contribution in [3.8, 4) is 0 Å². The Balaban J connectivity index is 3.30. The zero-order valence-corrected chi connectivity index (χ0v) is 12.6. The first-order valence-corrected chi connectivity index (χ1v) is 7.87. The fraction of sp³-hybridized carbons (Fsp3) is 0.357. The third-order valence-corrected chi connectivity index (χ3v) is 3.02. The average Bonchev–Trinajstić information content (AvgIpc) is 2.35. The largest absolute Gasteiger partial charge is 0.464 e. The maximum absolute atomic E-state index is 12.0. The summed E-state index contributed by atoms with van der Waals surface area (Å²) in [6, 6.07) is 6.84. The van der Waals surface area contributed by atoms with E-state index in [0.717, 1.165) is 6.26 Å². The Morgan fingerprint density at radius 3 is 2.45 bits per heavy atom. The molecule has 6 heteroatoms. The summed E-state index contributed by atoms with van der Waals surface area (Å²) in [4.78, 5) is 12.0. The van der Waals surface area contributed by atoms with Crippen LogP contribution in [0.15, 0.2) is 30.8 Å². The van der Waals surface area contributed by atoms with E-state index >= 15 is 0 Å². The van der Waals surface area contributed by atoms with Gasteiger partial charge in [0.2, 0.25) is 0 Å². The Kier molecular flexibility index (Phi) is 5.47. The Morgan fingerprint density at radius 1 is 1.35 bits per heavy atom. The van der Waals surface area contributed by atoms with E-state index in [2.05, 4.69) is 6.58 Å². The molecule has 0 radical (unpaired) electrons. The van der Waals surface area contributed by atoms with Gasteiger partial charge >= 0.3 is 5.97 Å². The highest BCUT2D eigenvalue weighted by Gasteiger charge is 2.29. The van der Waals surface area contributed by atoms with Crippen molar-refractivity contribution in [1.29, 1.82) is 0 Å². The van der Waals surface area contributed by atoms with Gasteiger partial charge in [0.15, 0.2) is 6.10 Å². The third kappa shape index (κ3) is 4.47. The molecule has 0 saturated heterocycles. The van der Waals surface area contributed by atoms with Gasteiger partial charge in [-0.15, -0.1) is 0 Å². The summed E-state index contributed by atoms with van der Waals surface area (Å²) in [6.45, 7) is 7.35. The van der Waals surface area contributed by atoms with Gasteiger partial charge in [-0.3, -0.25) is 4.18 Å². The van der Waals surface area contributed by atoms with Crippen LogP contribution in [0.25, 0.3) is 5.57 Å². The number of allylic oxidation sites excluding steroid dienone is 1. The molecule has 0 amide bonds. The van der Waals surface area contributed by atoms with Gasteiger partial charge in [-0.05, 0) is 19.4 Å². The molecule has 1 aromatic rings. The molecule has 0 bridgehead atoms. The molecule has 20 heavy (non-hydrogen) atoms. The van der Waals surface area contributed by atoms with Crippen LogP contribution < -0.4 is 0 Å². The molecule has 0 aromatic heterocycles. The molecular weight excluding hydrogens is 280 g/mol. The van der Waals surface area contributed by atoms with Crippen molar-refractivity contribution in [2.75, 3.05) is 12.9 Å². The molecule has 0 aliphatic rings. The Bertz CT molecular complexity index is 604. The van der Waals surface area contributed by atoms with Crippen molar-refractivity contribution in [2.45, 2.75) is 20.0 Å². The molecule has 0 N–H and O–H groups in total. The summed E-state index contributed by atoms with van der Waals surface area (Å²) in [5, 5.41) is 0. The molecule has 1 aromatic carbocycles. The molecule has 0 aliphatic carbocycles. The van der Waals surface area contributed by atoms with Gasteiger partial charge in [0.25, 0.3) is 10.1 Å². The third-order valence-electron chi connectivity index (χ3n) is 2.47. The van der Waals surface area contributed by atoms with Crippen molar-refractivity contribution in [3.05, 3.63) is 42.0 Å². The normalized spacial score (nSPS) is 12.8. The minimum Gasteiger partial charge on any atom is -0.464 e. The van der Waals surface area contributed by atoms with E-state index < -0.39 is 22.2 Å². The standard InChI is InChI=1S/C14H18O5S/c1-5-18-14(15)13(19-20(4,16)17)12-9-7-6-8-11(12)10(2)3/h6-9,13H,2,5H2,1,3-4H3. The highest BCUT2D eigenvalue weighted by atomic mass is 32.2. The maximum atomic E-state index is 12.0. The second kappa shape index (κ2) is 6.67. The number of esters is 1. The molecule has 1 rings (SSSR count). The molecular formula is C14H18O5S. The minimum atomic E-state index is -3.81. The Labute approximate surface area is 119 Å². The number of rotatable bonds is 6. The lowest BCUT2D eigenvalue weighted by Crippen LogP contribution is -2.22.